The Bertz CT molecular complexity index is 1610. The van der Waals surface area contributed by atoms with Gasteiger partial charge in [0.05, 0.1) is 38.1 Å². The van der Waals surface area contributed by atoms with Crippen LogP contribution in [0.1, 0.15) is 92.4 Å². The normalized spacial score (nSPS) is 57.6. The molecule has 5 aliphatic heterocycles. The van der Waals surface area contributed by atoms with Crippen LogP contribution in [0, 0.1) is 46.3 Å². The molecule has 0 aromatic carbocycles. The summed E-state index contributed by atoms with van der Waals surface area (Å²) in [7, 11) is 0. The molecule has 0 unspecified atom stereocenters. The Hall–Kier alpha value is -0.940. The lowest BCUT2D eigenvalue weighted by Gasteiger charge is -2.58. The van der Waals surface area contributed by atoms with Crippen LogP contribution in [-0.4, -0.2) is 176 Å². The molecule has 5 heterocycles. The largest absolute Gasteiger partial charge is 0.394 e. The van der Waals surface area contributed by atoms with Crippen molar-refractivity contribution in [3.63, 3.8) is 0 Å². The van der Waals surface area contributed by atoms with E-state index in [1.165, 1.54) is 12.5 Å². The predicted molar refractivity (Wildman–Crippen MR) is 214 cm³/mol. The molecule has 1 spiro atoms. The first-order chi connectivity index (χ1) is 29.4. The third kappa shape index (κ3) is 7.58. The highest BCUT2D eigenvalue weighted by molar-refractivity contribution is 5.26. The van der Waals surface area contributed by atoms with Crippen molar-refractivity contribution < 1.29 is 83.9 Å². The third-order valence-electron chi connectivity index (χ3n) is 17.7. The minimum atomic E-state index is -1.70. The first-order valence-electron chi connectivity index (χ1n) is 23.4. The second kappa shape index (κ2) is 17.3. The molecular formula is C45H72O17. The fourth-order valence-corrected chi connectivity index (χ4v) is 13.9. The van der Waals surface area contributed by atoms with E-state index < -0.39 is 111 Å². The number of rotatable bonds is 8. The molecule has 8 fully saturated rings. The quantitative estimate of drug-likeness (QED) is 0.148. The van der Waals surface area contributed by atoms with Crippen molar-refractivity contribution in [2.24, 2.45) is 46.3 Å². The zero-order chi connectivity index (χ0) is 44.2. The second-order valence-electron chi connectivity index (χ2n) is 21.1. The third-order valence-corrected chi connectivity index (χ3v) is 17.7. The maximum atomic E-state index is 11.6. The summed E-state index contributed by atoms with van der Waals surface area (Å²) in [5, 5.41) is 95.3. The van der Waals surface area contributed by atoms with Crippen LogP contribution in [0.15, 0.2) is 11.6 Å². The molecule has 0 radical (unpaired) electrons. The van der Waals surface area contributed by atoms with Crippen molar-refractivity contribution in [1.29, 1.82) is 0 Å². The molecule has 4 aliphatic carbocycles. The standard InChI is InChI=1S/C45H72O17/c1-19-8-13-45(56-17-19)20(2)30-27(62-45)15-26-24-7-6-22-14-23(9-11-43(22,4)25(24)10-12-44(26,30)5)58-42-39(61-41-38(54)34(50)31(47)21(3)57-41)36(52)33(49)29(60-42)18-55-40-37(53)35(51)32(48)28(16-46)59-40/h6,19-21,23-42,46-54H,7-18H2,1-5H3/t19-,20+,21+,23+,24-,25+,26+,27+,28-,29-,30+,31+,32-,33-,34-,35+,36+,37-,38-,39-,40-,41+,42-,43+,44+,45-/m1/s1. The lowest BCUT2D eigenvalue weighted by Crippen LogP contribution is -2.65. The summed E-state index contributed by atoms with van der Waals surface area (Å²) in [6.07, 6.45) is -11.5. The zero-order valence-electron chi connectivity index (χ0n) is 36.6. The van der Waals surface area contributed by atoms with Crippen molar-refractivity contribution >= 4 is 0 Å². The maximum Gasteiger partial charge on any atom is 0.187 e. The van der Waals surface area contributed by atoms with Crippen LogP contribution in [0.2, 0.25) is 0 Å². The molecule has 9 rings (SSSR count). The van der Waals surface area contributed by atoms with Gasteiger partial charge in [0.2, 0.25) is 0 Å². The van der Waals surface area contributed by atoms with Gasteiger partial charge in [0.15, 0.2) is 24.7 Å². The fourth-order valence-electron chi connectivity index (χ4n) is 13.9. The molecule has 354 valence electrons. The second-order valence-corrected chi connectivity index (χ2v) is 21.1. The lowest BCUT2D eigenvalue weighted by atomic mass is 9.47. The summed E-state index contributed by atoms with van der Waals surface area (Å²) in [4.78, 5) is 0. The summed E-state index contributed by atoms with van der Waals surface area (Å²) in [6, 6.07) is 0. The number of aliphatic hydroxyl groups excluding tert-OH is 9. The van der Waals surface area contributed by atoms with Crippen molar-refractivity contribution in [2.75, 3.05) is 19.8 Å². The number of fused-ring (bicyclic) bond motifs is 7. The van der Waals surface area contributed by atoms with Gasteiger partial charge in [-0.05, 0) is 98.7 Å². The van der Waals surface area contributed by atoms with E-state index in [0.29, 0.717) is 48.3 Å². The fraction of sp³-hybridized carbons (Fsp3) is 0.956. The molecule has 26 atom stereocenters. The highest BCUT2D eigenvalue weighted by Crippen LogP contribution is 2.70. The number of aliphatic hydroxyl groups is 9. The molecule has 9 aliphatic rings. The smallest absolute Gasteiger partial charge is 0.187 e. The van der Waals surface area contributed by atoms with E-state index in [1.54, 1.807) is 0 Å². The van der Waals surface area contributed by atoms with E-state index in [1.807, 2.05) is 0 Å². The number of allylic oxidation sites excluding steroid dienone is 1. The first kappa shape index (κ1) is 46.2. The highest BCUT2D eigenvalue weighted by atomic mass is 16.8. The van der Waals surface area contributed by atoms with Crippen LogP contribution in [0.4, 0.5) is 0 Å². The van der Waals surface area contributed by atoms with E-state index in [2.05, 4.69) is 33.8 Å². The van der Waals surface area contributed by atoms with Gasteiger partial charge >= 0.3 is 0 Å². The van der Waals surface area contributed by atoms with E-state index >= 15 is 0 Å². The molecule has 0 aromatic heterocycles. The molecule has 9 N–H and O–H groups in total. The topological polar surface area (TPSA) is 256 Å². The lowest BCUT2D eigenvalue weighted by molar-refractivity contribution is -0.375. The van der Waals surface area contributed by atoms with Crippen molar-refractivity contribution in [2.45, 2.75) is 203 Å². The van der Waals surface area contributed by atoms with E-state index in [9.17, 15) is 46.0 Å². The van der Waals surface area contributed by atoms with Gasteiger partial charge < -0.3 is 83.9 Å². The van der Waals surface area contributed by atoms with Crippen LogP contribution in [0.25, 0.3) is 0 Å². The van der Waals surface area contributed by atoms with Gasteiger partial charge in [0.1, 0.15) is 67.1 Å². The molecule has 0 amide bonds. The van der Waals surface area contributed by atoms with E-state index in [4.69, 9.17) is 37.9 Å². The SMILES string of the molecule is C[C@@H]1CC[C@@]2(OC1)O[C@H]1C[C@H]3[C@@H]4CC=C5C[C@@H](O[C@@H]6O[C@H](CO[C@@H]7O[C@H](CO)[C@@H](O)[C@H](O)[C@H]7O)[C@@H](O)[C@H](O)[C@H]6O[C@@H]6O[C@@H](C)[C@H](O)[C@@H](O)[C@H]6O)CC[C@]5(C)[C@H]4CC[C@]3(C)[C@H]1[C@@H]2C. The van der Waals surface area contributed by atoms with Crippen LogP contribution in [0.5, 0.6) is 0 Å². The summed E-state index contributed by atoms with van der Waals surface area (Å²) in [5.41, 5.74) is 1.48. The van der Waals surface area contributed by atoms with Gasteiger partial charge in [-0.2, -0.15) is 0 Å². The maximum absolute atomic E-state index is 11.6. The Morgan fingerprint density at radius 1 is 0.710 bits per heavy atom. The summed E-state index contributed by atoms with van der Waals surface area (Å²) in [5.74, 6) is 2.56. The van der Waals surface area contributed by atoms with Gasteiger partial charge in [-0.1, -0.05) is 39.3 Å². The number of ether oxygens (including phenoxy) is 8. The minimum Gasteiger partial charge on any atom is -0.394 e. The van der Waals surface area contributed by atoms with Crippen LogP contribution in [0.3, 0.4) is 0 Å². The molecule has 17 nitrogen and oxygen atoms in total. The highest BCUT2D eigenvalue weighted by Gasteiger charge is 2.69. The molecule has 0 aromatic rings. The van der Waals surface area contributed by atoms with Gasteiger partial charge in [0.25, 0.3) is 0 Å². The molecule has 62 heavy (non-hydrogen) atoms. The average molecular weight is 885 g/mol. The van der Waals surface area contributed by atoms with E-state index in [-0.39, 0.29) is 23.0 Å². The van der Waals surface area contributed by atoms with Crippen molar-refractivity contribution in [3.05, 3.63) is 11.6 Å². The Labute approximate surface area is 363 Å². The van der Waals surface area contributed by atoms with Crippen LogP contribution < -0.4 is 0 Å². The number of hydrogen-bond acceptors (Lipinski definition) is 17. The molecule has 17 heteroatoms. The van der Waals surface area contributed by atoms with Gasteiger partial charge in [-0.3, -0.25) is 0 Å². The van der Waals surface area contributed by atoms with Gasteiger partial charge in [0, 0.05) is 12.3 Å². The predicted octanol–water partition coefficient (Wildman–Crippen LogP) is 0.214. The molecule has 3 saturated carbocycles. The molecule has 5 saturated heterocycles. The molecule has 0 bridgehead atoms. The number of hydrogen-bond donors (Lipinski definition) is 9. The van der Waals surface area contributed by atoms with E-state index in [0.717, 1.165) is 51.6 Å². The summed E-state index contributed by atoms with van der Waals surface area (Å²) >= 11 is 0. The summed E-state index contributed by atoms with van der Waals surface area (Å²) in [6.45, 7) is 10.7. The Morgan fingerprint density at radius 2 is 1.42 bits per heavy atom. The van der Waals surface area contributed by atoms with Crippen LogP contribution in [-0.2, 0) is 37.9 Å². The van der Waals surface area contributed by atoms with Crippen molar-refractivity contribution in [3.8, 4) is 0 Å². The average Bonchev–Trinajstić information content (AvgIpc) is 3.70. The summed E-state index contributed by atoms with van der Waals surface area (Å²) < 4.78 is 49.5. The van der Waals surface area contributed by atoms with Gasteiger partial charge in [-0.15, -0.1) is 0 Å². The Kier molecular flexibility index (Phi) is 12.9. The molecular weight excluding hydrogens is 812 g/mol. The first-order valence-corrected chi connectivity index (χ1v) is 23.4. The van der Waals surface area contributed by atoms with Crippen molar-refractivity contribution in [1.82, 2.24) is 0 Å². The Morgan fingerprint density at radius 3 is 2.15 bits per heavy atom. The zero-order valence-corrected chi connectivity index (χ0v) is 36.6. The van der Waals surface area contributed by atoms with Gasteiger partial charge in [-0.25, -0.2) is 0 Å². The minimum absolute atomic E-state index is 0.0356. The Balaban J connectivity index is 0.903. The monoisotopic (exact) mass is 884 g/mol. The van der Waals surface area contributed by atoms with Crippen LogP contribution >= 0.6 is 0 Å².